The van der Waals surface area contributed by atoms with Crippen LogP contribution in [-0.4, -0.2) is 21.9 Å². The summed E-state index contributed by atoms with van der Waals surface area (Å²) in [6.07, 6.45) is 0.688. The molecule has 1 heterocycles. The lowest BCUT2D eigenvalue weighted by molar-refractivity contribution is -0.115. The molecular formula is C24H26N2O2S. The molecule has 1 N–H and O–H groups in total. The van der Waals surface area contributed by atoms with E-state index in [2.05, 4.69) is 44.3 Å². The summed E-state index contributed by atoms with van der Waals surface area (Å²) >= 11 is 1.49. The first-order chi connectivity index (χ1) is 13.8. The summed E-state index contributed by atoms with van der Waals surface area (Å²) in [6, 6.07) is 13.3. The van der Waals surface area contributed by atoms with E-state index in [0.29, 0.717) is 17.7 Å². The molecule has 2 aromatic carbocycles. The molecule has 1 atom stereocenters. The molecular weight excluding hydrogens is 380 g/mol. The van der Waals surface area contributed by atoms with Gasteiger partial charge in [-0.25, -0.2) is 4.98 Å². The smallest absolute Gasteiger partial charge is 0.237 e. The Morgan fingerprint density at radius 1 is 1.03 bits per heavy atom. The Hall–Kier alpha value is -2.66. The molecule has 3 rings (SSSR count). The Morgan fingerprint density at radius 3 is 2.34 bits per heavy atom. The number of hydrogen-bond donors (Lipinski definition) is 1. The van der Waals surface area contributed by atoms with Crippen molar-refractivity contribution >= 4 is 40.0 Å². The highest BCUT2D eigenvalue weighted by Gasteiger charge is 2.20. The Balaban J connectivity index is 1.80. The van der Waals surface area contributed by atoms with Crippen LogP contribution in [0.1, 0.15) is 47.3 Å². The number of anilines is 1. The minimum atomic E-state index is -0.252. The molecule has 0 aliphatic carbocycles. The molecule has 150 valence electrons. The lowest BCUT2D eigenvalue weighted by atomic mass is 10.0. The average molecular weight is 407 g/mol. The van der Waals surface area contributed by atoms with Gasteiger partial charge in [-0.2, -0.15) is 0 Å². The molecule has 0 aliphatic heterocycles. The second-order valence-electron chi connectivity index (χ2n) is 7.39. The van der Waals surface area contributed by atoms with Gasteiger partial charge in [0, 0.05) is 16.6 Å². The van der Waals surface area contributed by atoms with Crippen molar-refractivity contribution in [1.29, 1.82) is 0 Å². The number of Topliss-reactive ketones (excluding diaryl/α,β-unsaturated/α-hetero) is 1. The zero-order valence-electron chi connectivity index (χ0n) is 17.5. The van der Waals surface area contributed by atoms with Gasteiger partial charge in [0.2, 0.25) is 5.91 Å². The number of ketones is 1. The van der Waals surface area contributed by atoms with Crippen LogP contribution in [0.4, 0.5) is 5.69 Å². The molecule has 1 amide bonds. The predicted octanol–water partition coefficient (Wildman–Crippen LogP) is 5.87. The van der Waals surface area contributed by atoms with Crippen LogP contribution in [-0.2, 0) is 4.79 Å². The van der Waals surface area contributed by atoms with E-state index in [1.807, 2.05) is 6.92 Å². The van der Waals surface area contributed by atoms with Crippen molar-refractivity contribution in [2.75, 3.05) is 5.32 Å². The highest BCUT2D eigenvalue weighted by atomic mass is 32.2. The Bertz CT molecular complexity index is 1070. The molecule has 0 saturated heterocycles. The van der Waals surface area contributed by atoms with Gasteiger partial charge in [-0.1, -0.05) is 30.3 Å². The summed E-state index contributed by atoms with van der Waals surface area (Å²) in [5.41, 5.74) is 5.85. The summed E-state index contributed by atoms with van der Waals surface area (Å²) in [4.78, 5) is 29.0. The van der Waals surface area contributed by atoms with Gasteiger partial charge >= 0.3 is 0 Å². The number of hydrogen-bond acceptors (Lipinski definition) is 4. The number of fused-ring (bicyclic) bond motifs is 1. The average Bonchev–Trinajstić information content (AvgIpc) is 2.67. The van der Waals surface area contributed by atoms with E-state index in [1.165, 1.54) is 29.8 Å². The second-order valence-corrected chi connectivity index (χ2v) is 8.62. The number of aromatic nitrogens is 1. The number of aryl methyl sites for hydroxylation is 3. The first kappa shape index (κ1) is 21.1. The molecule has 3 aromatic rings. The molecule has 1 aromatic heterocycles. The summed E-state index contributed by atoms with van der Waals surface area (Å²) in [7, 11) is 0. The van der Waals surface area contributed by atoms with Gasteiger partial charge in [0.1, 0.15) is 0 Å². The fourth-order valence-corrected chi connectivity index (χ4v) is 4.37. The molecule has 0 saturated carbocycles. The Morgan fingerprint density at radius 2 is 1.72 bits per heavy atom. The van der Waals surface area contributed by atoms with Crippen molar-refractivity contribution in [2.45, 2.75) is 51.3 Å². The number of carbonyl (C=O) groups excluding carboxylic acids is 2. The minimum absolute atomic E-state index is 0.00750. The summed E-state index contributed by atoms with van der Waals surface area (Å²) in [5.74, 6) is -0.0543. The lowest BCUT2D eigenvalue weighted by Crippen LogP contribution is -2.24. The van der Waals surface area contributed by atoms with Crippen molar-refractivity contribution < 1.29 is 9.59 Å². The fraction of sp³-hybridized carbons (Fsp3) is 0.292. The highest BCUT2D eigenvalue weighted by molar-refractivity contribution is 8.00. The molecule has 4 nitrogen and oxygen atoms in total. The molecule has 0 spiro atoms. The van der Waals surface area contributed by atoms with Crippen molar-refractivity contribution in [2.24, 2.45) is 0 Å². The molecule has 0 bridgehead atoms. The second kappa shape index (κ2) is 8.78. The van der Waals surface area contributed by atoms with Crippen molar-refractivity contribution in [1.82, 2.24) is 4.98 Å². The van der Waals surface area contributed by atoms with Crippen LogP contribution < -0.4 is 5.32 Å². The molecule has 0 aliphatic rings. The maximum Gasteiger partial charge on any atom is 0.237 e. The predicted molar refractivity (Wildman–Crippen MR) is 121 cm³/mol. The Kier molecular flexibility index (Phi) is 6.38. The zero-order chi connectivity index (χ0) is 21.1. The van der Waals surface area contributed by atoms with E-state index < -0.39 is 0 Å². The number of carbonyl (C=O) groups is 2. The number of nitrogens with zero attached hydrogens (tertiary/aromatic N) is 1. The summed E-state index contributed by atoms with van der Waals surface area (Å²) in [5, 5.41) is 4.72. The van der Waals surface area contributed by atoms with E-state index in [1.54, 1.807) is 24.3 Å². The normalized spacial score (nSPS) is 12.0. The molecule has 0 fully saturated rings. The fourth-order valence-electron chi connectivity index (χ4n) is 3.35. The van der Waals surface area contributed by atoms with Crippen molar-refractivity contribution in [3.63, 3.8) is 0 Å². The quantitative estimate of drug-likeness (QED) is 0.411. The van der Waals surface area contributed by atoms with Crippen LogP contribution in [0.5, 0.6) is 0 Å². The molecule has 1 unspecified atom stereocenters. The third kappa shape index (κ3) is 4.85. The highest BCUT2D eigenvalue weighted by Crippen LogP contribution is 2.30. The van der Waals surface area contributed by atoms with Crippen LogP contribution in [0, 0.1) is 20.8 Å². The van der Waals surface area contributed by atoms with Crippen molar-refractivity contribution in [3.05, 3.63) is 64.7 Å². The van der Waals surface area contributed by atoms with Gasteiger partial charge in [0.05, 0.1) is 15.8 Å². The van der Waals surface area contributed by atoms with Crippen molar-refractivity contribution in [3.8, 4) is 0 Å². The van der Waals surface area contributed by atoms with Gasteiger partial charge in [-0.05, 0) is 81.6 Å². The maximum atomic E-state index is 12.8. The van der Waals surface area contributed by atoms with Crippen LogP contribution in [0.2, 0.25) is 0 Å². The van der Waals surface area contributed by atoms with Gasteiger partial charge < -0.3 is 5.32 Å². The van der Waals surface area contributed by atoms with E-state index in [0.717, 1.165) is 21.5 Å². The lowest BCUT2D eigenvalue weighted by Gasteiger charge is -2.16. The third-order valence-electron chi connectivity index (χ3n) is 4.92. The van der Waals surface area contributed by atoms with Gasteiger partial charge in [-0.3, -0.25) is 9.59 Å². The summed E-state index contributed by atoms with van der Waals surface area (Å²) < 4.78 is 0. The van der Waals surface area contributed by atoms with E-state index in [-0.39, 0.29) is 16.9 Å². The number of thioether (sulfide) groups is 1. The number of rotatable bonds is 6. The molecule has 5 heteroatoms. The van der Waals surface area contributed by atoms with Crippen LogP contribution in [0.3, 0.4) is 0 Å². The maximum absolute atomic E-state index is 12.8. The SMILES string of the molecule is CCC(Sc1cc(C)c2cc(C)cc(C)c2n1)C(=O)Nc1ccc(C(C)=O)cc1. The minimum Gasteiger partial charge on any atom is -0.325 e. The van der Waals surface area contributed by atoms with Gasteiger partial charge in [0.25, 0.3) is 0 Å². The van der Waals surface area contributed by atoms with Gasteiger partial charge in [0.15, 0.2) is 5.78 Å². The number of nitrogens with one attached hydrogen (secondary N) is 1. The first-order valence-corrected chi connectivity index (χ1v) is 10.6. The monoisotopic (exact) mass is 406 g/mol. The first-order valence-electron chi connectivity index (χ1n) is 9.75. The van der Waals surface area contributed by atoms with Crippen LogP contribution >= 0.6 is 11.8 Å². The zero-order valence-corrected chi connectivity index (χ0v) is 18.3. The summed E-state index contributed by atoms with van der Waals surface area (Å²) in [6.45, 7) is 9.78. The molecule has 29 heavy (non-hydrogen) atoms. The number of amides is 1. The third-order valence-corrected chi connectivity index (χ3v) is 6.20. The molecule has 0 radical (unpaired) electrons. The Labute approximate surface area is 176 Å². The number of pyridine rings is 1. The largest absolute Gasteiger partial charge is 0.325 e. The standard InChI is InChI=1S/C24H26N2O2S/c1-6-21(24(28)25-19-9-7-18(8-10-19)17(5)27)29-22-13-15(3)20-12-14(2)11-16(4)23(20)26-22/h7-13,21H,6H2,1-5H3,(H,25,28). The van der Waals surface area contributed by atoms with Gasteiger partial charge in [-0.15, -0.1) is 0 Å². The number of benzene rings is 2. The van der Waals surface area contributed by atoms with E-state index in [9.17, 15) is 9.59 Å². The van der Waals surface area contributed by atoms with Crippen LogP contribution in [0.15, 0.2) is 47.5 Å². The van der Waals surface area contributed by atoms with Crippen LogP contribution in [0.25, 0.3) is 10.9 Å². The topological polar surface area (TPSA) is 59.1 Å². The van der Waals surface area contributed by atoms with E-state index in [4.69, 9.17) is 4.98 Å². The van der Waals surface area contributed by atoms with E-state index >= 15 is 0 Å².